The van der Waals surface area contributed by atoms with E-state index in [2.05, 4.69) is 16.0 Å². The van der Waals surface area contributed by atoms with Crippen LogP contribution >= 0.6 is 0 Å². The van der Waals surface area contributed by atoms with Gasteiger partial charge in [-0.1, -0.05) is 40.5 Å². The van der Waals surface area contributed by atoms with Gasteiger partial charge in [0.25, 0.3) is 0 Å². The molecule has 0 aromatic rings. The molecule has 0 saturated carbocycles. The van der Waals surface area contributed by atoms with Gasteiger partial charge in [-0.05, 0) is 25.7 Å². The lowest BCUT2D eigenvalue weighted by molar-refractivity contribution is -0.143. The molecular formula is C18H34N4O5. The van der Waals surface area contributed by atoms with Crippen molar-refractivity contribution in [2.45, 2.75) is 78.6 Å². The third-order valence-electron chi connectivity index (χ3n) is 4.84. The van der Waals surface area contributed by atoms with Crippen molar-refractivity contribution in [3.05, 3.63) is 0 Å². The fourth-order valence-electron chi connectivity index (χ4n) is 2.25. The molecule has 0 aromatic heterocycles. The van der Waals surface area contributed by atoms with Crippen molar-refractivity contribution in [2.75, 3.05) is 0 Å². The molecule has 0 spiro atoms. The highest BCUT2D eigenvalue weighted by Crippen LogP contribution is 2.08. The predicted molar refractivity (Wildman–Crippen MR) is 102 cm³/mol. The van der Waals surface area contributed by atoms with Gasteiger partial charge in [0.2, 0.25) is 17.7 Å². The van der Waals surface area contributed by atoms with E-state index in [4.69, 9.17) is 5.73 Å². The minimum absolute atomic E-state index is 0.0292. The van der Waals surface area contributed by atoms with E-state index in [0.29, 0.717) is 6.42 Å². The standard InChI is InChI=1S/C18H34N4O5/c1-7-9(3)13(19)17(25)21-11(5)15(23)20-12(6)16(24)22-14(18(26)27)10(4)8-2/h9-14H,7-8,19H2,1-6H3,(H,20,23)(H,21,25)(H,22,24)(H,26,27). The Kier molecular flexibility index (Phi) is 10.6. The van der Waals surface area contributed by atoms with Crippen LogP contribution in [0.4, 0.5) is 0 Å². The van der Waals surface area contributed by atoms with E-state index in [-0.39, 0.29) is 11.8 Å². The van der Waals surface area contributed by atoms with Crippen molar-refractivity contribution in [1.82, 2.24) is 16.0 Å². The highest BCUT2D eigenvalue weighted by Gasteiger charge is 2.29. The monoisotopic (exact) mass is 386 g/mol. The molecule has 0 bridgehead atoms. The first kappa shape index (κ1) is 24.8. The van der Waals surface area contributed by atoms with Crippen molar-refractivity contribution in [3.63, 3.8) is 0 Å². The maximum Gasteiger partial charge on any atom is 0.326 e. The number of rotatable bonds is 11. The van der Waals surface area contributed by atoms with Crippen LogP contribution in [0.3, 0.4) is 0 Å². The minimum atomic E-state index is -1.13. The second kappa shape index (κ2) is 11.5. The van der Waals surface area contributed by atoms with E-state index in [1.165, 1.54) is 13.8 Å². The number of hydrogen-bond acceptors (Lipinski definition) is 5. The highest BCUT2D eigenvalue weighted by atomic mass is 16.4. The van der Waals surface area contributed by atoms with Crippen LogP contribution in [0.25, 0.3) is 0 Å². The fraction of sp³-hybridized carbons (Fsp3) is 0.778. The van der Waals surface area contributed by atoms with E-state index in [1.54, 1.807) is 6.92 Å². The lowest BCUT2D eigenvalue weighted by Crippen LogP contribution is -2.56. The van der Waals surface area contributed by atoms with Gasteiger partial charge in [-0.2, -0.15) is 0 Å². The first-order valence-electron chi connectivity index (χ1n) is 9.35. The summed E-state index contributed by atoms with van der Waals surface area (Å²) < 4.78 is 0. The molecule has 0 saturated heterocycles. The van der Waals surface area contributed by atoms with Gasteiger partial charge in [0.05, 0.1) is 6.04 Å². The van der Waals surface area contributed by atoms with Crippen LogP contribution in [0.2, 0.25) is 0 Å². The molecule has 0 aliphatic carbocycles. The Labute approximate surface area is 160 Å². The second-order valence-electron chi connectivity index (χ2n) is 7.08. The van der Waals surface area contributed by atoms with Gasteiger partial charge < -0.3 is 26.8 Å². The largest absolute Gasteiger partial charge is 0.480 e. The summed E-state index contributed by atoms with van der Waals surface area (Å²) in [5.74, 6) is -3.01. The molecule has 0 heterocycles. The Balaban J connectivity index is 4.72. The van der Waals surface area contributed by atoms with Crippen molar-refractivity contribution in [2.24, 2.45) is 17.6 Å². The summed E-state index contributed by atoms with van der Waals surface area (Å²) in [7, 11) is 0. The third kappa shape index (κ3) is 7.94. The van der Waals surface area contributed by atoms with Crippen LogP contribution in [0.1, 0.15) is 54.4 Å². The fourth-order valence-corrected chi connectivity index (χ4v) is 2.25. The van der Waals surface area contributed by atoms with Gasteiger partial charge in [-0.3, -0.25) is 14.4 Å². The molecule has 0 aromatic carbocycles. The number of amides is 3. The SMILES string of the molecule is CCC(C)C(N)C(=O)NC(C)C(=O)NC(C)C(=O)NC(C(=O)O)C(C)CC. The lowest BCUT2D eigenvalue weighted by atomic mass is 9.99. The zero-order valence-electron chi connectivity index (χ0n) is 17.0. The Morgan fingerprint density at radius 1 is 0.778 bits per heavy atom. The molecule has 6 atom stereocenters. The zero-order chi connectivity index (χ0) is 21.3. The first-order valence-corrected chi connectivity index (χ1v) is 9.35. The second-order valence-corrected chi connectivity index (χ2v) is 7.08. The van der Waals surface area contributed by atoms with Crippen LogP contribution < -0.4 is 21.7 Å². The molecule has 6 unspecified atom stereocenters. The van der Waals surface area contributed by atoms with E-state index in [0.717, 1.165) is 6.42 Å². The molecule has 3 amide bonds. The van der Waals surface area contributed by atoms with Crippen LogP contribution in [-0.2, 0) is 19.2 Å². The van der Waals surface area contributed by atoms with E-state index in [9.17, 15) is 24.3 Å². The number of nitrogens with one attached hydrogen (secondary N) is 3. The summed E-state index contributed by atoms with van der Waals surface area (Å²) in [5.41, 5.74) is 5.83. The Morgan fingerprint density at radius 3 is 1.59 bits per heavy atom. The number of carboxylic acid groups (broad SMARTS) is 1. The van der Waals surface area contributed by atoms with Gasteiger partial charge in [0.1, 0.15) is 18.1 Å². The molecule has 0 aliphatic heterocycles. The third-order valence-corrected chi connectivity index (χ3v) is 4.84. The topological polar surface area (TPSA) is 151 Å². The van der Waals surface area contributed by atoms with Crippen LogP contribution in [0.5, 0.6) is 0 Å². The number of aliphatic carboxylic acids is 1. The normalized spacial score (nSPS) is 17.6. The molecule has 6 N–H and O–H groups in total. The van der Waals surface area contributed by atoms with Gasteiger partial charge in [-0.15, -0.1) is 0 Å². The first-order chi connectivity index (χ1) is 12.5. The van der Waals surface area contributed by atoms with Gasteiger partial charge in [0.15, 0.2) is 0 Å². The average Bonchev–Trinajstić information content (AvgIpc) is 2.62. The highest BCUT2D eigenvalue weighted by molar-refractivity contribution is 5.93. The van der Waals surface area contributed by atoms with E-state index >= 15 is 0 Å². The van der Waals surface area contributed by atoms with Crippen LogP contribution in [0, 0.1) is 11.8 Å². The predicted octanol–water partition coefficient (Wildman–Crippen LogP) is -0.0153. The summed E-state index contributed by atoms with van der Waals surface area (Å²) in [4.78, 5) is 47.7. The van der Waals surface area contributed by atoms with Gasteiger partial charge in [0, 0.05) is 0 Å². The number of hydrogen-bond donors (Lipinski definition) is 5. The van der Waals surface area contributed by atoms with E-state index < -0.39 is 47.9 Å². The lowest BCUT2D eigenvalue weighted by Gasteiger charge is -2.24. The van der Waals surface area contributed by atoms with Gasteiger partial charge in [-0.25, -0.2) is 4.79 Å². The quantitative estimate of drug-likeness (QED) is 0.337. The molecule has 27 heavy (non-hydrogen) atoms. The molecule has 9 nitrogen and oxygen atoms in total. The average molecular weight is 386 g/mol. The molecule has 9 heteroatoms. The number of carboxylic acids is 1. The zero-order valence-corrected chi connectivity index (χ0v) is 17.0. The molecule has 156 valence electrons. The maximum atomic E-state index is 12.2. The molecule has 0 radical (unpaired) electrons. The Bertz CT molecular complexity index is 540. The number of carbonyl (C=O) groups excluding carboxylic acids is 3. The molecule has 0 rings (SSSR count). The summed E-state index contributed by atoms with van der Waals surface area (Å²) in [6.07, 6.45) is 1.31. The van der Waals surface area contributed by atoms with Crippen molar-refractivity contribution in [1.29, 1.82) is 0 Å². The summed E-state index contributed by atoms with van der Waals surface area (Å²) in [6.45, 7) is 10.2. The number of carbonyl (C=O) groups is 4. The Hall–Kier alpha value is -2.16. The number of nitrogens with two attached hydrogens (primary N) is 1. The van der Waals surface area contributed by atoms with Crippen LogP contribution in [0.15, 0.2) is 0 Å². The molecular weight excluding hydrogens is 352 g/mol. The van der Waals surface area contributed by atoms with Crippen molar-refractivity contribution >= 4 is 23.7 Å². The Morgan fingerprint density at radius 2 is 1.19 bits per heavy atom. The van der Waals surface area contributed by atoms with E-state index in [1.807, 2.05) is 20.8 Å². The summed E-state index contributed by atoms with van der Waals surface area (Å²) in [6, 6.07) is -3.59. The maximum absolute atomic E-state index is 12.2. The molecule has 0 aliphatic rings. The van der Waals surface area contributed by atoms with Crippen LogP contribution in [-0.4, -0.2) is 53.0 Å². The van der Waals surface area contributed by atoms with Crippen molar-refractivity contribution in [3.8, 4) is 0 Å². The van der Waals surface area contributed by atoms with Gasteiger partial charge >= 0.3 is 5.97 Å². The summed E-state index contributed by atoms with van der Waals surface area (Å²) >= 11 is 0. The summed E-state index contributed by atoms with van der Waals surface area (Å²) in [5, 5.41) is 16.7. The minimum Gasteiger partial charge on any atom is -0.480 e. The smallest absolute Gasteiger partial charge is 0.326 e. The van der Waals surface area contributed by atoms with Crippen molar-refractivity contribution < 1.29 is 24.3 Å². The molecule has 0 fully saturated rings.